The monoisotopic (exact) mass is 288 g/mol. The Balaban J connectivity index is 1.91. The van der Waals surface area contributed by atoms with Gasteiger partial charge >= 0.3 is 5.76 Å². The number of oxazole rings is 1. The maximum Gasteiger partial charge on any atom is 0.419 e. The van der Waals surface area contributed by atoms with Crippen LogP contribution in [0.15, 0.2) is 27.4 Å². The van der Waals surface area contributed by atoms with Crippen LogP contribution in [0.1, 0.15) is 57.1 Å². The molecule has 4 nitrogen and oxygen atoms in total. The molecule has 2 N–H and O–H groups in total. The molecule has 2 aromatic rings. The average Bonchev–Trinajstić information content (AvgIpc) is 2.68. The van der Waals surface area contributed by atoms with E-state index in [-0.39, 0.29) is 11.8 Å². The van der Waals surface area contributed by atoms with Crippen molar-refractivity contribution < 1.29 is 4.42 Å². The van der Waals surface area contributed by atoms with E-state index in [1.54, 1.807) is 4.57 Å². The van der Waals surface area contributed by atoms with Crippen LogP contribution in [0.25, 0.3) is 11.1 Å². The fraction of sp³-hybridized carbons (Fsp3) is 0.588. The lowest BCUT2D eigenvalue weighted by Gasteiger charge is -2.22. The maximum atomic E-state index is 11.8. The SMILES string of the molecule is CCn1c(=O)oc2cc(C(N)C3CCCCCC3)ccc21. The lowest BCUT2D eigenvalue weighted by atomic mass is 9.88. The molecular formula is C17H24N2O2. The first-order chi connectivity index (χ1) is 10.2. The molecule has 0 spiro atoms. The summed E-state index contributed by atoms with van der Waals surface area (Å²) in [6, 6.07) is 6.02. The normalized spacial score (nSPS) is 18.8. The predicted octanol–water partition coefficient (Wildman–Crippen LogP) is 3.58. The number of hydrogen-bond acceptors (Lipinski definition) is 3. The molecule has 1 aromatic carbocycles. The van der Waals surface area contributed by atoms with E-state index in [4.69, 9.17) is 10.2 Å². The largest absolute Gasteiger partial charge is 0.419 e. The van der Waals surface area contributed by atoms with Gasteiger partial charge < -0.3 is 10.2 Å². The smallest absolute Gasteiger partial charge is 0.408 e. The average molecular weight is 288 g/mol. The molecule has 114 valence electrons. The van der Waals surface area contributed by atoms with Crippen molar-refractivity contribution in [3.63, 3.8) is 0 Å². The molecule has 0 amide bonds. The molecule has 3 rings (SSSR count). The van der Waals surface area contributed by atoms with Crippen LogP contribution in [0.2, 0.25) is 0 Å². The molecule has 1 aliphatic carbocycles. The molecule has 1 saturated carbocycles. The van der Waals surface area contributed by atoms with Crippen molar-refractivity contribution in [2.24, 2.45) is 11.7 Å². The number of aromatic nitrogens is 1. The Labute approximate surface area is 124 Å². The van der Waals surface area contributed by atoms with Crippen LogP contribution in [0.3, 0.4) is 0 Å². The number of benzene rings is 1. The van der Waals surface area contributed by atoms with Gasteiger partial charge in [-0.2, -0.15) is 0 Å². The molecule has 1 aromatic heterocycles. The van der Waals surface area contributed by atoms with Crippen LogP contribution < -0.4 is 11.5 Å². The fourth-order valence-corrected chi connectivity index (χ4v) is 3.53. The second kappa shape index (κ2) is 6.06. The van der Waals surface area contributed by atoms with Crippen molar-refractivity contribution >= 4 is 11.1 Å². The van der Waals surface area contributed by atoms with Crippen LogP contribution in [0, 0.1) is 5.92 Å². The minimum atomic E-state index is -0.285. The third-order valence-corrected chi connectivity index (χ3v) is 4.80. The Morgan fingerprint density at radius 2 is 2.00 bits per heavy atom. The van der Waals surface area contributed by atoms with Crippen LogP contribution in [0.4, 0.5) is 0 Å². The molecule has 0 saturated heterocycles. The zero-order valence-corrected chi connectivity index (χ0v) is 12.7. The summed E-state index contributed by atoms with van der Waals surface area (Å²) in [4.78, 5) is 11.8. The zero-order chi connectivity index (χ0) is 14.8. The van der Waals surface area contributed by atoms with Gasteiger partial charge in [-0.05, 0) is 43.4 Å². The van der Waals surface area contributed by atoms with Gasteiger partial charge in [-0.15, -0.1) is 0 Å². The third-order valence-electron chi connectivity index (χ3n) is 4.80. The molecule has 0 radical (unpaired) electrons. The second-order valence-electron chi connectivity index (χ2n) is 6.12. The van der Waals surface area contributed by atoms with Crippen LogP contribution >= 0.6 is 0 Å². The van der Waals surface area contributed by atoms with Gasteiger partial charge in [0.25, 0.3) is 0 Å². The summed E-state index contributed by atoms with van der Waals surface area (Å²) < 4.78 is 6.99. The van der Waals surface area contributed by atoms with Gasteiger partial charge in [0.2, 0.25) is 0 Å². The Kier molecular flexibility index (Phi) is 4.15. The molecule has 1 fully saturated rings. The quantitative estimate of drug-likeness (QED) is 0.878. The predicted molar refractivity (Wildman–Crippen MR) is 84.3 cm³/mol. The van der Waals surface area contributed by atoms with Crippen LogP contribution in [-0.2, 0) is 6.54 Å². The summed E-state index contributed by atoms with van der Waals surface area (Å²) >= 11 is 0. The van der Waals surface area contributed by atoms with Gasteiger partial charge in [0.05, 0.1) is 5.52 Å². The summed E-state index contributed by atoms with van der Waals surface area (Å²) in [6.45, 7) is 2.57. The highest BCUT2D eigenvalue weighted by molar-refractivity contribution is 5.73. The van der Waals surface area contributed by atoms with E-state index in [2.05, 4.69) is 6.07 Å². The van der Waals surface area contributed by atoms with E-state index >= 15 is 0 Å². The maximum absolute atomic E-state index is 11.8. The zero-order valence-electron chi connectivity index (χ0n) is 12.7. The summed E-state index contributed by atoms with van der Waals surface area (Å²) in [7, 11) is 0. The molecule has 1 unspecified atom stereocenters. The lowest BCUT2D eigenvalue weighted by Crippen LogP contribution is -2.21. The van der Waals surface area contributed by atoms with Gasteiger partial charge in [-0.1, -0.05) is 31.7 Å². The topological polar surface area (TPSA) is 61.2 Å². The van der Waals surface area contributed by atoms with Crippen molar-refractivity contribution in [2.75, 3.05) is 0 Å². The summed E-state index contributed by atoms with van der Waals surface area (Å²) in [6.07, 6.45) is 7.63. The fourth-order valence-electron chi connectivity index (χ4n) is 3.53. The van der Waals surface area contributed by atoms with Crippen molar-refractivity contribution in [1.82, 2.24) is 4.57 Å². The van der Waals surface area contributed by atoms with E-state index in [1.165, 1.54) is 38.5 Å². The minimum Gasteiger partial charge on any atom is -0.408 e. The van der Waals surface area contributed by atoms with Crippen LogP contribution in [-0.4, -0.2) is 4.57 Å². The van der Waals surface area contributed by atoms with E-state index in [1.807, 2.05) is 19.1 Å². The van der Waals surface area contributed by atoms with E-state index in [0.29, 0.717) is 18.0 Å². The molecule has 1 atom stereocenters. The summed E-state index contributed by atoms with van der Waals surface area (Å²) in [5.41, 5.74) is 9.09. The van der Waals surface area contributed by atoms with E-state index < -0.39 is 0 Å². The molecule has 0 aliphatic heterocycles. The standard InChI is InChI=1S/C17H24N2O2/c1-2-19-14-10-9-13(11-15(14)21-17(19)20)16(18)12-7-5-3-4-6-8-12/h9-12,16H,2-8,18H2,1H3. The van der Waals surface area contributed by atoms with Gasteiger partial charge in [0.15, 0.2) is 5.58 Å². The Morgan fingerprint density at radius 1 is 1.29 bits per heavy atom. The molecule has 21 heavy (non-hydrogen) atoms. The van der Waals surface area contributed by atoms with Crippen molar-refractivity contribution in [3.05, 3.63) is 34.3 Å². The molecular weight excluding hydrogens is 264 g/mol. The molecule has 1 aliphatic rings. The first-order valence-corrected chi connectivity index (χ1v) is 8.09. The number of aryl methyl sites for hydroxylation is 1. The number of rotatable bonds is 3. The Bertz CT molecular complexity index is 663. The van der Waals surface area contributed by atoms with Crippen molar-refractivity contribution in [1.29, 1.82) is 0 Å². The Hall–Kier alpha value is -1.55. The third kappa shape index (κ3) is 2.77. The highest BCUT2D eigenvalue weighted by Gasteiger charge is 2.22. The first kappa shape index (κ1) is 14.4. The molecule has 1 heterocycles. The van der Waals surface area contributed by atoms with Gasteiger partial charge in [0.1, 0.15) is 0 Å². The number of hydrogen-bond donors (Lipinski definition) is 1. The summed E-state index contributed by atoms with van der Waals surface area (Å²) in [5, 5.41) is 0. The molecule has 4 heteroatoms. The first-order valence-electron chi connectivity index (χ1n) is 8.09. The van der Waals surface area contributed by atoms with Crippen molar-refractivity contribution in [3.8, 4) is 0 Å². The van der Waals surface area contributed by atoms with Gasteiger partial charge in [-0.25, -0.2) is 4.79 Å². The Morgan fingerprint density at radius 3 is 2.67 bits per heavy atom. The van der Waals surface area contributed by atoms with Gasteiger partial charge in [0, 0.05) is 12.6 Å². The van der Waals surface area contributed by atoms with E-state index in [9.17, 15) is 4.79 Å². The van der Waals surface area contributed by atoms with Gasteiger partial charge in [-0.3, -0.25) is 4.57 Å². The molecule has 0 bridgehead atoms. The highest BCUT2D eigenvalue weighted by Crippen LogP contribution is 2.32. The van der Waals surface area contributed by atoms with Crippen molar-refractivity contribution in [2.45, 2.75) is 58.0 Å². The number of nitrogens with zero attached hydrogens (tertiary/aromatic N) is 1. The number of fused-ring (bicyclic) bond motifs is 1. The minimum absolute atomic E-state index is 0.0442. The van der Waals surface area contributed by atoms with Crippen LogP contribution in [0.5, 0.6) is 0 Å². The lowest BCUT2D eigenvalue weighted by molar-refractivity contribution is 0.382. The van der Waals surface area contributed by atoms with E-state index in [0.717, 1.165) is 11.1 Å². The summed E-state index contributed by atoms with van der Waals surface area (Å²) in [5.74, 6) is 0.262. The number of nitrogens with two attached hydrogens (primary N) is 1. The second-order valence-corrected chi connectivity index (χ2v) is 6.12. The highest BCUT2D eigenvalue weighted by atomic mass is 16.4.